The monoisotopic (exact) mass is 445 g/mol. The number of carbonyl (C=O) groups excluding carboxylic acids is 1. The lowest BCUT2D eigenvalue weighted by atomic mass is 10.1. The Morgan fingerprint density at radius 2 is 1.88 bits per heavy atom. The highest BCUT2D eigenvalue weighted by Crippen LogP contribution is 2.26. The van der Waals surface area contributed by atoms with E-state index in [0.29, 0.717) is 11.4 Å². The summed E-state index contributed by atoms with van der Waals surface area (Å²) in [6.45, 7) is 5.85. The van der Waals surface area contributed by atoms with E-state index in [0.717, 1.165) is 58.5 Å². The van der Waals surface area contributed by atoms with Crippen LogP contribution in [0.5, 0.6) is 0 Å². The van der Waals surface area contributed by atoms with Crippen molar-refractivity contribution in [2.45, 2.75) is 13.3 Å². The Hall–Kier alpha value is -3.30. The molecule has 32 heavy (non-hydrogen) atoms. The smallest absolute Gasteiger partial charge is 0.171 e. The van der Waals surface area contributed by atoms with E-state index >= 15 is 0 Å². The number of aromatic nitrogens is 5. The molecule has 0 unspecified atom stereocenters. The van der Waals surface area contributed by atoms with Crippen molar-refractivity contribution >= 4 is 33.8 Å². The zero-order valence-corrected chi connectivity index (χ0v) is 18.8. The summed E-state index contributed by atoms with van der Waals surface area (Å²) < 4.78 is 0. The fourth-order valence-electron chi connectivity index (χ4n) is 3.71. The molecular weight excluding hydrogens is 422 g/mol. The van der Waals surface area contributed by atoms with E-state index in [4.69, 9.17) is 0 Å². The summed E-state index contributed by atoms with van der Waals surface area (Å²) in [6, 6.07) is 9.70. The molecule has 0 spiro atoms. The van der Waals surface area contributed by atoms with Crippen LogP contribution in [0.4, 0.5) is 5.82 Å². The summed E-state index contributed by atoms with van der Waals surface area (Å²) in [5.41, 5.74) is 2.32. The first-order valence-corrected chi connectivity index (χ1v) is 11.4. The highest BCUT2D eigenvalue weighted by Gasteiger charge is 2.16. The van der Waals surface area contributed by atoms with Gasteiger partial charge in [-0.25, -0.2) is 15.0 Å². The Balaban J connectivity index is 1.31. The molecule has 1 aliphatic heterocycles. The first-order valence-electron chi connectivity index (χ1n) is 10.5. The van der Waals surface area contributed by atoms with Gasteiger partial charge in [-0.1, -0.05) is 23.5 Å². The van der Waals surface area contributed by atoms with Crippen molar-refractivity contribution in [2.24, 2.45) is 0 Å². The SMILES string of the molecule is Cc1nnc(-c2ccc3cnc(CC(=O)c4ccc(N5CCN(C)CC5)nc4)nc3c2)s1. The highest BCUT2D eigenvalue weighted by atomic mass is 32.1. The lowest BCUT2D eigenvalue weighted by Crippen LogP contribution is -2.44. The number of hydrogen-bond donors (Lipinski definition) is 0. The van der Waals surface area contributed by atoms with E-state index < -0.39 is 0 Å². The second-order valence-corrected chi connectivity index (χ2v) is 9.16. The second kappa shape index (κ2) is 8.68. The number of nitrogens with zero attached hydrogens (tertiary/aromatic N) is 7. The number of carbonyl (C=O) groups is 1. The van der Waals surface area contributed by atoms with Crippen molar-refractivity contribution in [2.75, 3.05) is 38.1 Å². The summed E-state index contributed by atoms with van der Waals surface area (Å²) in [5.74, 6) is 1.37. The number of hydrogen-bond acceptors (Lipinski definition) is 9. The molecule has 0 aliphatic carbocycles. The van der Waals surface area contributed by atoms with Crippen LogP contribution in [-0.2, 0) is 6.42 Å². The third-order valence-corrected chi connectivity index (χ3v) is 6.51. The first kappa shape index (κ1) is 20.6. The van der Waals surface area contributed by atoms with E-state index in [9.17, 15) is 4.79 Å². The maximum Gasteiger partial charge on any atom is 0.171 e. The van der Waals surface area contributed by atoms with Crippen LogP contribution in [-0.4, -0.2) is 69.1 Å². The molecule has 4 aromatic rings. The Morgan fingerprint density at radius 3 is 2.59 bits per heavy atom. The molecule has 162 valence electrons. The maximum atomic E-state index is 12.8. The molecule has 0 atom stereocenters. The molecule has 9 heteroatoms. The summed E-state index contributed by atoms with van der Waals surface area (Å²) in [5, 5.41) is 11.0. The van der Waals surface area contributed by atoms with Crippen molar-refractivity contribution in [1.82, 2.24) is 30.0 Å². The maximum absolute atomic E-state index is 12.8. The number of piperazine rings is 1. The second-order valence-electron chi connectivity index (χ2n) is 7.98. The number of fused-ring (bicyclic) bond motifs is 1. The fraction of sp³-hybridized carbons (Fsp3) is 0.304. The number of Topliss-reactive ketones (excluding diaryl/α,β-unsaturated/α-hetero) is 1. The molecule has 8 nitrogen and oxygen atoms in total. The number of aryl methyl sites for hydroxylation is 1. The molecule has 1 saturated heterocycles. The van der Waals surface area contributed by atoms with Crippen LogP contribution in [0.3, 0.4) is 0 Å². The fourth-order valence-corrected chi connectivity index (χ4v) is 4.40. The Bertz CT molecular complexity index is 1260. The normalized spacial score (nSPS) is 14.8. The van der Waals surface area contributed by atoms with Crippen molar-refractivity contribution in [3.63, 3.8) is 0 Å². The van der Waals surface area contributed by atoms with Gasteiger partial charge in [-0.15, -0.1) is 10.2 Å². The van der Waals surface area contributed by atoms with Gasteiger partial charge in [0.15, 0.2) is 5.78 Å². The number of benzene rings is 1. The molecule has 0 radical (unpaired) electrons. The van der Waals surface area contributed by atoms with Crippen molar-refractivity contribution in [3.05, 3.63) is 59.1 Å². The highest BCUT2D eigenvalue weighted by molar-refractivity contribution is 7.14. The van der Waals surface area contributed by atoms with Gasteiger partial charge in [0.05, 0.1) is 11.9 Å². The third-order valence-electron chi connectivity index (χ3n) is 5.62. The standard InChI is InChI=1S/C23H23N7OS/c1-15-27-28-23(32-15)16-3-4-17-13-24-21(26-19(17)11-16)12-20(31)18-5-6-22(25-14-18)30-9-7-29(2)8-10-30/h3-6,11,13-14H,7-10,12H2,1-2H3. The molecule has 0 saturated carbocycles. The Labute approximate surface area is 190 Å². The minimum Gasteiger partial charge on any atom is -0.354 e. The minimum atomic E-state index is -0.0438. The minimum absolute atomic E-state index is 0.0438. The molecular formula is C23H23N7OS. The lowest BCUT2D eigenvalue weighted by Gasteiger charge is -2.33. The van der Waals surface area contributed by atoms with Gasteiger partial charge in [-0.3, -0.25) is 4.79 Å². The lowest BCUT2D eigenvalue weighted by molar-refractivity contribution is 0.0990. The Morgan fingerprint density at radius 1 is 1.03 bits per heavy atom. The van der Waals surface area contributed by atoms with E-state index in [1.54, 1.807) is 23.7 Å². The van der Waals surface area contributed by atoms with E-state index in [1.165, 1.54) is 0 Å². The van der Waals surface area contributed by atoms with Crippen LogP contribution in [0.15, 0.2) is 42.7 Å². The van der Waals surface area contributed by atoms with Gasteiger partial charge in [-0.2, -0.15) is 0 Å². The van der Waals surface area contributed by atoms with Gasteiger partial charge < -0.3 is 9.80 Å². The van der Waals surface area contributed by atoms with Crippen LogP contribution >= 0.6 is 11.3 Å². The molecule has 1 aliphatic rings. The molecule has 0 bridgehead atoms. The van der Waals surface area contributed by atoms with Gasteiger partial charge in [0.2, 0.25) is 0 Å². The van der Waals surface area contributed by atoms with Crippen LogP contribution in [0, 0.1) is 6.92 Å². The van der Waals surface area contributed by atoms with E-state index in [-0.39, 0.29) is 12.2 Å². The van der Waals surface area contributed by atoms with Gasteiger partial charge in [0.1, 0.15) is 21.7 Å². The van der Waals surface area contributed by atoms with Crippen LogP contribution in [0.25, 0.3) is 21.5 Å². The van der Waals surface area contributed by atoms with Gasteiger partial charge in [0, 0.05) is 55.1 Å². The van der Waals surface area contributed by atoms with E-state index in [1.807, 2.05) is 37.3 Å². The van der Waals surface area contributed by atoms with Crippen LogP contribution in [0.2, 0.25) is 0 Å². The molecule has 4 heterocycles. The molecule has 0 amide bonds. The van der Waals surface area contributed by atoms with Crippen molar-refractivity contribution in [3.8, 4) is 10.6 Å². The molecule has 5 rings (SSSR count). The van der Waals surface area contributed by atoms with Crippen molar-refractivity contribution < 1.29 is 4.79 Å². The summed E-state index contributed by atoms with van der Waals surface area (Å²) >= 11 is 1.54. The van der Waals surface area contributed by atoms with Crippen LogP contribution in [0.1, 0.15) is 21.2 Å². The molecule has 3 aromatic heterocycles. The number of rotatable bonds is 5. The molecule has 1 aromatic carbocycles. The summed E-state index contributed by atoms with van der Waals surface area (Å²) in [7, 11) is 2.12. The molecule has 0 N–H and O–H groups in total. The third kappa shape index (κ3) is 4.35. The van der Waals surface area contributed by atoms with Crippen molar-refractivity contribution in [1.29, 1.82) is 0 Å². The largest absolute Gasteiger partial charge is 0.354 e. The quantitative estimate of drug-likeness (QED) is 0.433. The average Bonchev–Trinajstić information content (AvgIpc) is 3.25. The number of pyridine rings is 1. The van der Waals surface area contributed by atoms with Gasteiger partial charge in [-0.05, 0) is 32.2 Å². The topological polar surface area (TPSA) is 88.0 Å². The van der Waals surface area contributed by atoms with Crippen LogP contribution < -0.4 is 4.90 Å². The van der Waals surface area contributed by atoms with Gasteiger partial charge >= 0.3 is 0 Å². The predicted octanol–water partition coefficient (Wildman–Crippen LogP) is 3.03. The molecule has 1 fully saturated rings. The van der Waals surface area contributed by atoms with E-state index in [2.05, 4.69) is 42.0 Å². The summed E-state index contributed by atoms with van der Waals surface area (Å²) in [6.07, 6.45) is 3.55. The number of ketones is 1. The predicted molar refractivity (Wildman–Crippen MR) is 125 cm³/mol. The summed E-state index contributed by atoms with van der Waals surface area (Å²) in [4.78, 5) is 30.9. The van der Waals surface area contributed by atoms with Gasteiger partial charge in [0.25, 0.3) is 0 Å². The Kier molecular flexibility index (Phi) is 5.59. The number of likely N-dealkylation sites (N-methyl/N-ethyl adjacent to an activating group) is 1. The zero-order valence-electron chi connectivity index (χ0n) is 18.0. The first-order chi connectivity index (χ1) is 15.5. The zero-order chi connectivity index (χ0) is 22.1. The number of anilines is 1. The average molecular weight is 446 g/mol.